The van der Waals surface area contributed by atoms with Crippen LogP contribution in [0.2, 0.25) is 0 Å². The molecule has 202 valence electrons. The average molecular weight is 530 g/mol. The van der Waals surface area contributed by atoms with Crippen LogP contribution in [0, 0.1) is 0 Å². The van der Waals surface area contributed by atoms with Gasteiger partial charge in [-0.25, -0.2) is 5.84 Å². The van der Waals surface area contributed by atoms with Gasteiger partial charge in [0.25, 0.3) is 5.91 Å². The number of hydrogen-bond acceptors (Lipinski definition) is 6. The molecule has 1 atom stereocenters. The highest BCUT2D eigenvalue weighted by molar-refractivity contribution is 6.26. The summed E-state index contributed by atoms with van der Waals surface area (Å²) in [6, 6.07) is 11.4. The number of rotatable bonds is 6. The van der Waals surface area contributed by atoms with Crippen LogP contribution in [0.15, 0.2) is 47.1 Å². The lowest BCUT2D eigenvalue weighted by Gasteiger charge is -2.38. The number of fused-ring (bicyclic) bond motifs is 3. The van der Waals surface area contributed by atoms with Crippen molar-refractivity contribution in [2.75, 3.05) is 13.2 Å². The van der Waals surface area contributed by atoms with Gasteiger partial charge < -0.3 is 26.1 Å². The number of nitrogens with one attached hydrogen (secondary N) is 2. The summed E-state index contributed by atoms with van der Waals surface area (Å²) in [6.07, 6.45) is -1.58. The molecule has 0 saturated heterocycles. The molecule has 1 aliphatic carbocycles. The van der Waals surface area contributed by atoms with Crippen LogP contribution < -0.4 is 31.9 Å². The van der Waals surface area contributed by atoms with Crippen LogP contribution in [0.3, 0.4) is 0 Å². The largest absolute Gasteiger partial charge is 0.494 e. The SMILES string of the molecule is N/N=C(\NN)C1=C(c2ccc3c(c2)CCCO3)C[C@]2(CCc3cc(OCCCC(F)(F)F)ccc32)NC1=O. The molecule has 2 aliphatic heterocycles. The summed E-state index contributed by atoms with van der Waals surface area (Å²) in [5.74, 6) is 12.3. The third kappa shape index (κ3) is 5.02. The number of carbonyl (C=O) groups is 1. The summed E-state index contributed by atoms with van der Waals surface area (Å²) in [6.45, 7) is 0.656. The molecule has 2 heterocycles. The molecule has 6 N–H and O–H groups in total. The highest BCUT2D eigenvalue weighted by Gasteiger charge is 2.46. The van der Waals surface area contributed by atoms with Gasteiger partial charge in [-0.1, -0.05) is 12.1 Å². The van der Waals surface area contributed by atoms with Crippen molar-refractivity contribution in [3.8, 4) is 11.5 Å². The fourth-order valence-electron chi connectivity index (χ4n) is 5.66. The van der Waals surface area contributed by atoms with Gasteiger partial charge in [-0.15, -0.1) is 0 Å². The van der Waals surface area contributed by atoms with Crippen molar-refractivity contribution in [1.82, 2.24) is 10.7 Å². The van der Waals surface area contributed by atoms with Gasteiger partial charge in [0.15, 0.2) is 5.84 Å². The molecule has 1 spiro atoms. The number of nitrogens with two attached hydrogens (primary N) is 2. The van der Waals surface area contributed by atoms with Crippen LogP contribution in [0.1, 0.15) is 54.4 Å². The van der Waals surface area contributed by atoms with Crippen LogP contribution in [0.4, 0.5) is 13.2 Å². The summed E-state index contributed by atoms with van der Waals surface area (Å²) in [4.78, 5) is 13.6. The number of aryl methyl sites for hydroxylation is 2. The van der Waals surface area contributed by atoms with Gasteiger partial charge in [0.2, 0.25) is 0 Å². The van der Waals surface area contributed by atoms with Gasteiger partial charge in [-0.2, -0.15) is 18.3 Å². The molecule has 38 heavy (non-hydrogen) atoms. The summed E-state index contributed by atoms with van der Waals surface area (Å²) in [7, 11) is 0. The minimum absolute atomic E-state index is 0.0221. The summed E-state index contributed by atoms with van der Waals surface area (Å²) >= 11 is 0. The lowest BCUT2D eigenvalue weighted by Crippen LogP contribution is -2.51. The molecule has 0 unspecified atom stereocenters. The third-order valence-corrected chi connectivity index (χ3v) is 7.41. The summed E-state index contributed by atoms with van der Waals surface area (Å²) in [5.41, 5.74) is 6.73. The van der Waals surface area contributed by atoms with E-state index in [2.05, 4.69) is 21.9 Å². The zero-order chi connectivity index (χ0) is 26.9. The van der Waals surface area contributed by atoms with Crippen molar-refractivity contribution in [2.24, 2.45) is 16.8 Å². The Balaban J connectivity index is 1.46. The number of nitrogens with zero attached hydrogens (tertiary/aromatic N) is 1. The second-order valence-corrected chi connectivity index (χ2v) is 9.85. The van der Waals surface area contributed by atoms with Crippen molar-refractivity contribution in [3.63, 3.8) is 0 Å². The monoisotopic (exact) mass is 529 g/mol. The molecule has 2 aromatic rings. The molecule has 11 heteroatoms. The van der Waals surface area contributed by atoms with E-state index in [0.29, 0.717) is 31.6 Å². The molecular weight excluding hydrogens is 499 g/mol. The molecule has 1 amide bonds. The smallest absolute Gasteiger partial charge is 0.389 e. The molecule has 3 aliphatic rings. The molecule has 5 rings (SSSR count). The molecular formula is C27H30F3N5O3. The maximum absolute atomic E-state index is 13.6. The van der Waals surface area contributed by atoms with Gasteiger partial charge in [0.05, 0.1) is 24.3 Å². The van der Waals surface area contributed by atoms with Crippen molar-refractivity contribution in [2.45, 2.75) is 56.7 Å². The number of amidine groups is 1. The number of benzene rings is 2. The van der Waals surface area contributed by atoms with Gasteiger partial charge in [-0.3, -0.25) is 4.79 Å². The Bertz CT molecular complexity index is 1310. The van der Waals surface area contributed by atoms with Crippen LogP contribution in [0.5, 0.6) is 11.5 Å². The van der Waals surface area contributed by atoms with E-state index in [-0.39, 0.29) is 30.3 Å². The Morgan fingerprint density at radius 1 is 1.18 bits per heavy atom. The van der Waals surface area contributed by atoms with E-state index >= 15 is 0 Å². The Kier molecular flexibility index (Phi) is 6.95. The van der Waals surface area contributed by atoms with Crippen LogP contribution >= 0.6 is 0 Å². The molecule has 2 aromatic carbocycles. The van der Waals surface area contributed by atoms with E-state index in [9.17, 15) is 18.0 Å². The van der Waals surface area contributed by atoms with Crippen molar-refractivity contribution in [1.29, 1.82) is 0 Å². The second kappa shape index (κ2) is 10.2. The predicted octanol–water partition coefficient (Wildman–Crippen LogP) is 3.58. The first-order valence-electron chi connectivity index (χ1n) is 12.6. The predicted molar refractivity (Wildman–Crippen MR) is 136 cm³/mol. The van der Waals surface area contributed by atoms with Crippen LogP contribution in [-0.2, 0) is 23.2 Å². The van der Waals surface area contributed by atoms with Crippen LogP contribution in [-0.4, -0.2) is 31.1 Å². The Hall–Kier alpha value is -3.73. The number of hydrogen-bond donors (Lipinski definition) is 4. The van der Waals surface area contributed by atoms with E-state index in [0.717, 1.165) is 46.4 Å². The minimum atomic E-state index is -4.20. The highest BCUT2D eigenvalue weighted by Crippen LogP contribution is 2.47. The Morgan fingerprint density at radius 3 is 2.79 bits per heavy atom. The number of ether oxygens (including phenoxy) is 2. The molecule has 0 fully saturated rings. The van der Waals surface area contributed by atoms with E-state index in [1.54, 1.807) is 6.07 Å². The van der Waals surface area contributed by atoms with E-state index in [1.807, 2.05) is 24.3 Å². The summed E-state index contributed by atoms with van der Waals surface area (Å²) in [5, 5.41) is 6.89. The molecule has 0 bridgehead atoms. The van der Waals surface area contributed by atoms with Gasteiger partial charge in [-0.05, 0) is 84.2 Å². The number of hydrazine groups is 1. The second-order valence-electron chi connectivity index (χ2n) is 9.85. The van der Waals surface area contributed by atoms with E-state index in [1.165, 1.54) is 0 Å². The minimum Gasteiger partial charge on any atom is -0.494 e. The first-order chi connectivity index (χ1) is 18.2. The Morgan fingerprint density at radius 2 is 2.03 bits per heavy atom. The topological polar surface area (TPSA) is 124 Å². The third-order valence-electron chi connectivity index (χ3n) is 7.41. The first-order valence-corrected chi connectivity index (χ1v) is 12.6. The number of amides is 1. The van der Waals surface area contributed by atoms with Crippen molar-refractivity contribution < 1.29 is 27.4 Å². The molecule has 0 aromatic heterocycles. The van der Waals surface area contributed by atoms with E-state index in [4.69, 9.17) is 21.2 Å². The highest BCUT2D eigenvalue weighted by atomic mass is 19.4. The fourth-order valence-corrected chi connectivity index (χ4v) is 5.66. The average Bonchev–Trinajstić information content (AvgIpc) is 3.24. The lowest BCUT2D eigenvalue weighted by molar-refractivity contribution is -0.136. The van der Waals surface area contributed by atoms with Crippen molar-refractivity contribution in [3.05, 3.63) is 64.2 Å². The number of carbonyl (C=O) groups excluding carboxylic acids is 1. The van der Waals surface area contributed by atoms with Crippen LogP contribution in [0.25, 0.3) is 5.57 Å². The van der Waals surface area contributed by atoms with Gasteiger partial charge >= 0.3 is 6.18 Å². The Labute approximate surface area is 218 Å². The standard InChI is InChI=1S/C27H30F3N5O3/c28-27(29,30)9-2-12-37-19-5-6-21-17(14-19)8-10-26(21)15-20(23(25(36)33-26)24(34-31)35-32)16-4-7-22-18(13-16)3-1-11-38-22/h4-7,13-14H,1-3,8-12,15,31-32H2,(H,33,36)(H,34,35)/t26-/m0/s1. The van der Waals surface area contributed by atoms with E-state index < -0.39 is 18.1 Å². The molecule has 0 radical (unpaired) electrons. The summed E-state index contributed by atoms with van der Waals surface area (Å²) < 4.78 is 48.6. The lowest BCUT2D eigenvalue weighted by atomic mass is 9.77. The molecule has 8 nitrogen and oxygen atoms in total. The zero-order valence-corrected chi connectivity index (χ0v) is 20.8. The number of halogens is 3. The first kappa shape index (κ1) is 25.9. The van der Waals surface area contributed by atoms with Crippen molar-refractivity contribution >= 4 is 17.3 Å². The van der Waals surface area contributed by atoms with Gasteiger partial charge in [0.1, 0.15) is 11.5 Å². The maximum atomic E-state index is 13.6. The number of hydrazone groups is 1. The molecule has 0 saturated carbocycles. The quantitative estimate of drug-likeness (QED) is 0.149. The normalized spacial score (nSPS) is 21.1. The van der Waals surface area contributed by atoms with Gasteiger partial charge in [0, 0.05) is 12.8 Å². The number of alkyl halides is 3. The zero-order valence-electron chi connectivity index (χ0n) is 20.8. The maximum Gasteiger partial charge on any atom is 0.389 e. The fraction of sp³-hybridized carbons (Fsp3) is 0.407.